The number of thiazole rings is 1. The van der Waals surface area contributed by atoms with Gasteiger partial charge in [-0.3, -0.25) is 10.1 Å². The highest BCUT2D eigenvalue weighted by Crippen LogP contribution is 2.23. The van der Waals surface area contributed by atoms with Crippen molar-refractivity contribution in [3.05, 3.63) is 64.4 Å². The first-order valence-corrected chi connectivity index (χ1v) is 11.2. The average molecular weight is 445 g/mol. The van der Waals surface area contributed by atoms with Gasteiger partial charge in [-0.1, -0.05) is 12.1 Å². The summed E-state index contributed by atoms with van der Waals surface area (Å²) in [5, 5.41) is 11.5. The third-order valence-electron chi connectivity index (χ3n) is 3.75. The maximum atomic E-state index is 12.4. The predicted molar refractivity (Wildman–Crippen MR) is 113 cm³/mol. The predicted octanol–water partition coefficient (Wildman–Crippen LogP) is 3.53. The fraction of sp³-hybridized carbons (Fsp3) is 0.250. The quantitative estimate of drug-likeness (QED) is 0.599. The van der Waals surface area contributed by atoms with Crippen molar-refractivity contribution in [3.63, 3.8) is 0 Å². The molecule has 30 heavy (non-hydrogen) atoms. The highest BCUT2D eigenvalue weighted by Gasteiger charge is 2.26. The number of aromatic nitrogens is 1. The van der Waals surface area contributed by atoms with Gasteiger partial charge in [-0.15, -0.1) is 11.3 Å². The summed E-state index contributed by atoms with van der Waals surface area (Å²) in [6.45, 7) is 5.12. The van der Waals surface area contributed by atoms with Gasteiger partial charge in [0.25, 0.3) is 15.9 Å². The fourth-order valence-corrected chi connectivity index (χ4v) is 4.74. The molecule has 0 aliphatic carbocycles. The molecule has 0 fully saturated rings. The van der Waals surface area contributed by atoms with Crippen molar-refractivity contribution in [2.75, 3.05) is 5.32 Å². The monoisotopic (exact) mass is 444 g/mol. The molecule has 0 saturated carbocycles. The van der Waals surface area contributed by atoms with E-state index in [-0.39, 0.29) is 10.9 Å². The first kappa shape index (κ1) is 21.7. The van der Waals surface area contributed by atoms with E-state index >= 15 is 0 Å². The van der Waals surface area contributed by atoms with E-state index in [4.69, 9.17) is 9.68 Å². The minimum absolute atomic E-state index is 0.131. The van der Waals surface area contributed by atoms with E-state index in [1.807, 2.05) is 12.1 Å². The molecule has 0 radical (unpaired) electrons. The van der Waals surface area contributed by atoms with Crippen molar-refractivity contribution < 1.29 is 17.6 Å². The molecule has 3 rings (SSSR count). The van der Waals surface area contributed by atoms with Gasteiger partial charge in [0, 0.05) is 23.0 Å². The molecular weight excluding hydrogens is 424 g/mol. The molecule has 0 spiro atoms. The molecule has 1 aromatic carbocycles. The van der Waals surface area contributed by atoms with Crippen LogP contribution in [0.2, 0.25) is 0 Å². The molecule has 2 heterocycles. The lowest BCUT2D eigenvalue weighted by molar-refractivity contribution is 0.0991. The summed E-state index contributed by atoms with van der Waals surface area (Å²) in [5.41, 5.74) is 0.927. The van der Waals surface area contributed by atoms with E-state index in [0.717, 1.165) is 10.4 Å². The number of furan rings is 1. The number of nitrogens with one attached hydrogen (secondary N) is 2. The zero-order valence-electron chi connectivity index (χ0n) is 16.6. The van der Waals surface area contributed by atoms with Gasteiger partial charge in [-0.05, 0) is 50.6 Å². The molecule has 10 heteroatoms. The topological polar surface area (TPSA) is 125 Å². The lowest BCUT2D eigenvalue weighted by atomic mass is 10.1. The summed E-state index contributed by atoms with van der Waals surface area (Å²) >= 11 is 1.30. The van der Waals surface area contributed by atoms with Crippen molar-refractivity contribution in [1.29, 1.82) is 5.26 Å². The van der Waals surface area contributed by atoms with Crippen LogP contribution < -0.4 is 10.0 Å². The molecule has 0 aliphatic heterocycles. The molecule has 156 valence electrons. The summed E-state index contributed by atoms with van der Waals surface area (Å²) < 4.78 is 32.3. The first-order valence-electron chi connectivity index (χ1n) is 8.95. The van der Waals surface area contributed by atoms with Crippen molar-refractivity contribution in [3.8, 4) is 6.07 Å². The van der Waals surface area contributed by atoms with Crippen LogP contribution in [-0.4, -0.2) is 24.8 Å². The average Bonchev–Trinajstić information content (AvgIpc) is 3.30. The van der Waals surface area contributed by atoms with Gasteiger partial charge in [0.15, 0.2) is 10.9 Å². The van der Waals surface area contributed by atoms with Crippen LogP contribution in [0.5, 0.6) is 0 Å². The molecule has 2 aromatic heterocycles. The Hall–Kier alpha value is -3.00. The van der Waals surface area contributed by atoms with E-state index in [1.54, 1.807) is 39.1 Å². The Morgan fingerprint density at radius 3 is 2.53 bits per heavy atom. The number of rotatable bonds is 6. The van der Waals surface area contributed by atoms with Crippen molar-refractivity contribution in [2.24, 2.45) is 0 Å². The number of nitriles is 1. The smallest absolute Gasteiger partial charge is 0.293 e. The van der Waals surface area contributed by atoms with Gasteiger partial charge >= 0.3 is 0 Å². The number of sulfonamides is 1. The fourth-order valence-electron chi connectivity index (χ4n) is 2.54. The Labute approximate surface area is 178 Å². The lowest BCUT2D eigenvalue weighted by Gasteiger charge is -2.18. The van der Waals surface area contributed by atoms with E-state index in [0.29, 0.717) is 17.1 Å². The molecule has 0 atom stereocenters. The van der Waals surface area contributed by atoms with Crippen molar-refractivity contribution in [2.45, 2.75) is 37.8 Å². The van der Waals surface area contributed by atoms with Crippen LogP contribution in [0.4, 0.5) is 5.13 Å². The Bertz CT molecular complexity index is 1200. The molecule has 2 N–H and O–H groups in total. The van der Waals surface area contributed by atoms with Crippen LogP contribution in [0.25, 0.3) is 0 Å². The number of hydrogen-bond donors (Lipinski definition) is 2. The summed E-state index contributed by atoms with van der Waals surface area (Å²) in [4.78, 5) is 17.5. The molecule has 1 amide bonds. The van der Waals surface area contributed by atoms with E-state index < -0.39 is 21.5 Å². The second kappa shape index (κ2) is 8.39. The maximum Gasteiger partial charge on any atom is 0.293 e. The molecule has 8 nitrogen and oxygen atoms in total. The van der Waals surface area contributed by atoms with Crippen LogP contribution in [0, 0.1) is 11.3 Å². The van der Waals surface area contributed by atoms with Gasteiger partial charge in [0.05, 0.1) is 11.6 Å². The third kappa shape index (κ3) is 5.54. The zero-order chi connectivity index (χ0) is 21.9. The first-order chi connectivity index (χ1) is 14.1. The highest BCUT2D eigenvalue weighted by atomic mass is 32.2. The van der Waals surface area contributed by atoms with Gasteiger partial charge in [0.2, 0.25) is 5.09 Å². The van der Waals surface area contributed by atoms with Gasteiger partial charge < -0.3 is 4.42 Å². The van der Waals surface area contributed by atoms with Crippen LogP contribution in [-0.2, 0) is 16.4 Å². The number of benzene rings is 1. The SMILES string of the molecule is CC(C)(C)NS(=O)(=O)c1ccc(C(=O)Nc2ncc(Cc3ccc(C#N)cc3)s2)o1. The Kier molecular flexibility index (Phi) is 6.07. The van der Waals surface area contributed by atoms with E-state index in [2.05, 4.69) is 21.1 Å². The van der Waals surface area contributed by atoms with E-state index in [9.17, 15) is 13.2 Å². The Balaban J connectivity index is 1.66. The number of carbonyl (C=O) groups is 1. The van der Waals surface area contributed by atoms with Gasteiger partial charge in [-0.25, -0.2) is 18.1 Å². The summed E-state index contributed by atoms with van der Waals surface area (Å²) in [7, 11) is -3.87. The largest absolute Gasteiger partial charge is 0.438 e. The highest BCUT2D eigenvalue weighted by molar-refractivity contribution is 7.89. The van der Waals surface area contributed by atoms with Crippen LogP contribution in [0.1, 0.15) is 47.3 Å². The van der Waals surface area contributed by atoms with Gasteiger partial charge in [0.1, 0.15) is 0 Å². The minimum Gasteiger partial charge on any atom is -0.438 e. The molecule has 3 aromatic rings. The second-order valence-corrected chi connectivity index (χ2v) is 10.3. The zero-order valence-corrected chi connectivity index (χ0v) is 18.2. The standard InChI is InChI=1S/C20H20N4O4S2/c1-20(2,3)24-30(26,27)17-9-8-16(28-17)18(25)23-19-22-12-15(29-19)10-13-4-6-14(11-21)7-5-13/h4-9,12,24H,10H2,1-3H3,(H,22,23,25). The third-order valence-corrected chi connectivity index (χ3v) is 6.29. The Morgan fingerprint density at radius 1 is 1.20 bits per heavy atom. The number of amides is 1. The maximum absolute atomic E-state index is 12.4. The minimum atomic E-state index is -3.87. The van der Waals surface area contributed by atoms with Gasteiger partial charge in [-0.2, -0.15) is 5.26 Å². The van der Waals surface area contributed by atoms with E-state index in [1.165, 1.54) is 23.5 Å². The summed E-state index contributed by atoms with van der Waals surface area (Å²) in [6, 6.07) is 11.8. The van der Waals surface area contributed by atoms with Crippen molar-refractivity contribution >= 4 is 32.4 Å². The summed E-state index contributed by atoms with van der Waals surface area (Å²) in [5.74, 6) is -0.723. The number of anilines is 1. The van der Waals surface area contributed by atoms with Crippen LogP contribution in [0.3, 0.4) is 0 Å². The number of hydrogen-bond acceptors (Lipinski definition) is 7. The lowest BCUT2D eigenvalue weighted by Crippen LogP contribution is -2.40. The second-order valence-electron chi connectivity index (χ2n) is 7.55. The molecule has 0 saturated heterocycles. The molecule has 0 aliphatic rings. The molecule has 0 bridgehead atoms. The Morgan fingerprint density at radius 2 is 1.90 bits per heavy atom. The molecule has 0 unspecified atom stereocenters. The summed E-state index contributed by atoms with van der Waals surface area (Å²) in [6.07, 6.45) is 2.27. The van der Waals surface area contributed by atoms with Crippen LogP contribution in [0.15, 0.2) is 52.1 Å². The number of carbonyl (C=O) groups excluding carboxylic acids is 1. The normalized spacial score (nSPS) is 11.8. The van der Waals surface area contributed by atoms with Crippen molar-refractivity contribution in [1.82, 2.24) is 9.71 Å². The molecular formula is C20H20N4O4S2. The number of nitrogens with zero attached hydrogens (tertiary/aromatic N) is 2. The van der Waals surface area contributed by atoms with Crippen LogP contribution >= 0.6 is 11.3 Å².